The summed E-state index contributed by atoms with van der Waals surface area (Å²) in [5.74, 6) is 0.454. The van der Waals surface area contributed by atoms with E-state index >= 15 is 0 Å². The lowest BCUT2D eigenvalue weighted by Crippen LogP contribution is -2.37. The summed E-state index contributed by atoms with van der Waals surface area (Å²) >= 11 is 0. The zero-order valence-electron chi connectivity index (χ0n) is 18.4. The Labute approximate surface area is 183 Å². The van der Waals surface area contributed by atoms with Gasteiger partial charge in [0.15, 0.2) is 0 Å². The highest BCUT2D eigenvalue weighted by molar-refractivity contribution is 5.97. The fourth-order valence-electron chi connectivity index (χ4n) is 3.47. The third-order valence-corrected chi connectivity index (χ3v) is 5.48. The molecule has 0 aromatic heterocycles. The predicted molar refractivity (Wildman–Crippen MR) is 122 cm³/mol. The third kappa shape index (κ3) is 6.07. The summed E-state index contributed by atoms with van der Waals surface area (Å²) in [6.45, 7) is 3.91. The summed E-state index contributed by atoms with van der Waals surface area (Å²) in [7, 11) is 3.41. The second kappa shape index (κ2) is 10.1. The minimum Gasteiger partial charge on any atom is -0.376 e. The van der Waals surface area contributed by atoms with E-state index in [0.717, 1.165) is 31.6 Å². The summed E-state index contributed by atoms with van der Waals surface area (Å²) in [6.07, 6.45) is 2.09. The van der Waals surface area contributed by atoms with Gasteiger partial charge in [-0.05, 0) is 67.3 Å². The van der Waals surface area contributed by atoms with E-state index in [0.29, 0.717) is 22.7 Å². The van der Waals surface area contributed by atoms with Crippen molar-refractivity contribution in [3.63, 3.8) is 0 Å². The third-order valence-electron chi connectivity index (χ3n) is 5.48. The largest absolute Gasteiger partial charge is 0.376 e. The number of likely N-dealkylation sites (tertiary alicyclic amines) is 1. The molecule has 1 heterocycles. The van der Waals surface area contributed by atoms with E-state index in [4.69, 9.17) is 0 Å². The summed E-state index contributed by atoms with van der Waals surface area (Å²) in [5.41, 5.74) is 2.62. The normalized spacial score (nSPS) is 14.1. The van der Waals surface area contributed by atoms with Crippen LogP contribution >= 0.6 is 0 Å². The van der Waals surface area contributed by atoms with Crippen LogP contribution in [0.15, 0.2) is 48.5 Å². The van der Waals surface area contributed by atoms with Gasteiger partial charge in [0.05, 0.1) is 6.54 Å². The number of anilines is 2. The van der Waals surface area contributed by atoms with Crippen LogP contribution in [0, 0.1) is 5.92 Å². The molecular weight excluding hydrogens is 392 g/mol. The molecule has 1 fully saturated rings. The molecule has 0 radical (unpaired) electrons. The second-order valence-corrected chi connectivity index (χ2v) is 8.23. The second-order valence-electron chi connectivity index (χ2n) is 8.23. The Bertz CT molecular complexity index is 915. The number of nitrogens with one attached hydrogen (secondary N) is 2. The highest BCUT2D eigenvalue weighted by atomic mass is 16.2. The van der Waals surface area contributed by atoms with Crippen LogP contribution in [0.3, 0.4) is 0 Å². The molecule has 0 atom stereocenters. The van der Waals surface area contributed by atoms with E-state index < -0.39 is 0 Å². The highest BCUT2D eigenvalue weighted by Crippen LogP contribution is 2.19. The maximum Gasteiger partial charge on any atom is 0.253 e. The zero-order chi connectivity index (χ0) is 22.4. The fourth-order valence-corrected chi connectivity index (χ4v) is 3.47. The van der Waals surface area contributed by atoms with Crippen molar-refractivity contribution >= 4 is 29.1 Å². The summed E-state index contributed by atoms with van der Waals surface area (Å²) < 4.78 is 0. The first-order valence-corrected chi connectivity index (χ1v) is 10.6. The van der Waals surface area contributed by atoms with Crippen LogP contribution < -0.4 is 10.6 Å². The smallest absolute Gasteiger partial charge is 0.253 e. The lowest BCUT2D eigenvalue weighted by atomic mass is 9.98. The number of amides is 3. The average Bonchev–Trinajstić information content (AvgIpc) is 2.78. The molecule has 0 aliphatic carbocycles. The molecule has 0 bridgehead atoms. The summed E-state index contributed by atoms with van der Waals surface area (Å²) in [4.78, 5) is 40.2. The van der Waals surface area contributed by atoms with Gasteiger partial charge in [-0.1, -0.05) is 6.92 Å². The Hall–Kier alpha value is -3.35. The molecule has 3 rings (SSSR count). The van der Waals surface area contributed by atoms with Gasteiger partial charge in [-0.15, -0.1) is 0 Å². The molecule has 164 valence electrons. The predicted octanol–water partition coefficient (Wildman–Crippen LogP) is 3.31. The minimum atomic E-state index is -0.197. The molecule has 2 aromatic carbocycles. The molecule has 1 aliphatic rings. The van der Waals surface area contributed by atoms with E-state index in [1.54, 1.807) is 62.6 Å². The van der Waals surface area contributed by atoms with Crippen molar-refractivity contribution in [2.24, 2.45) is 5.92 Å². The van der Waals surface area contributed by atoms with Gasteiger partial charge in [0.1, 0.15) is 0 Å². The maximum absolute atomic E-state index is 12.6. The van der Waals surface area contributed by atoms with Crippen LogP contribution in [0.2, 0.25) is 0 Å². The average molecular weight is 423 g/mol. The monoisotopic (exact) mass is 422 g/mol. The van der Waals surface area contributed by atoms with Gasteiger partial charge in [0, 0.05) is 49.7 Å². The molecular formula is C24H30N4O3. The Morgan fingerprint density at radius 1 is 0.903 bits per heavy atom. The maximum atomic E-state index is 12.6. The zero-order valence-corrected chi connectivity index (χ0v) is 18.4. The SMILES string of the molecule is CC1CCN(C(=O)c2ccc(NC(=O)CNc3ccc(C(=O)N(C)C)cc3)cc2)CC1. The van der Waals surface area contributed by atoms with E-state index in [9.17, 15) is 14.4 Å². The molecule has 31 heavy (non-hydrogen) atoms. The molecule has 2 aromatic rings. The van der Waals surface area contributed by atoms with Gasteiger partial charge in [0.25, 0.3) is 11.8 Å². The van der Waals surface area contributed by atoms with Gasteiger partial charge < -0.3 is 20.4 Å². The fraction of sp³-hybridized carbons (Fsp3) is 0.375. The van der Waals surface area contributed by atoms with E-state index in [1.165, 1.54) is 4.90 Å². The number of hydrogen-bond acceptors (Lipinski definition) is 4. The minimum absolute atomic E-state index is 0.0441. The number of hydrogen-bond donors (Lipinski definition) is 2. The van der Waals surface area contributed by atoms with Crippen LogP contribution in [0.5, 0.6) is 0 Å². The van der Waals surface area contributed by atoms with Gasteiger partial charge >= 0.3 is 0 Å². The quantitative estimate of drug-likeness (QED) is 0.748. The van der Waals surface area contributed by atoms with Crippen molar-refractivity contribution in [2.75, 3.05) is 44.4 Å². The van der Waals surface area contributed by atoms with Crippen molar-refractivity contribution in [2.45, 2.75) is 19.8 Å². The van der Waals surface area contributed by atoms with Crippen molar-refractivity contribution < 1.29 is 14.4 Å². The van der Waals surface area contributed by atoms with Gasteiger partial charge in [0.2, 0.25) is 5.91 Å². The van der Waals surface area contributed by atoms with Crippen molar-refractivity contribution in [3.8, 4) is 0 Å². The highest BCUT2D eigenvalue weighted by Gasteiger charge is 2.21. The van der Waals surface area contributed by atoms with Gasteiger partial charge in [-0.25, -0.2) is 0 Å². The molecule has 3 amide bonds. The lowest BCUT2D eigenvalue weighted by Gasteiger charge is -2.30. The Morgan fingerprint density at radius 2 is 1.45 bits per heavy atom. The van der Waals surface area contributed by atoms with Crippen LogP contribution in [0.25, 0.3) is 0 Å². The number of rotatable bonds is 6. The first-order valence-electron chi connectivity index (χ1n) is 10.6. The molecule has 1 aliphatic heterocycles. The molecule has 7 heteroatoms. The van der Waals surface area contributed by atoms with Crippen LogP contribution in [-0.2, 0) is 4.79 Å². The van der Waals surface area contributed by atoms with E-state index in [2.05, 4.69) is 17.6 Å². The number of nitrogens with zero attached hydrogens (tertiary/aromatic N) is 2. The number of carbonyl (C=O) groups is 3. The molecule has 1 saturated heterocycles. The lowest BCUT2D eigenvalue weighted by molar-refractivity contribution is -0.114. The first kappa shape index (κ1) is 22.3. The molecule has 0 spiro atoms. The van der Waals surface area contributed by atoms with Crippen LogP contribution in [0.1, 0.15) is 40.5 Å². The molecule has 2 N–H and O–H groups in total. The summed E-state index contributed by atoms with van der Waals surface area (Å²) in [5, 5.41) is 5.86. The number of benzene rings is 2. The van der Waals surface area contributed by atoms with E-state index in [-0.39, 0.29) is 24.3 Å². The number of piperidine rings is 1. The van der Waals surface area contributed by atoms with Crippen molar-refractivity contribution in [1.29, 1.82) is 0 Å². The first-order chi connectivity index (χ1) is 14.8. The molecule has 0 saturated carbocycles. The van der Waals surface area contributed by atoms with Crippen LogP contribution in [0.4, 0.5) is 11.4 Å². The topological polar surface area (TPSA) is 81.8 Å². The Morgan fingerprint density at radius 3 is 2.03 bits per heavy atom. The Balaban J connectivity index is 1.48. The van der Waals surface area contributed by atoms with Crippen molar-refractivity contribution in [3.05, 3.63) is 59.7 Å². The van der Waals surface area contributed by atoms with Gasteiger partial charge in [-0.2, -0.15) is 0 Å². The van der Waals surface area contributed by atoms with Crippen LogP contribution in [-0.4, -0.2) is 61.3 Å². The standard InChI is InChI=1S/C24H30N4O3/c1-17-12-14-28(15-13-17)24(31)19-6-10-21(11-7-19)26-22(29)16-25-20-8-4-18(5-9-20)23(30)27(2)3/h4-11,17,25H,12-16H2,1-3H3,(H,26,29). The van der Waals surface area contributed by atoms with E-state index in [1.807, 2.05) is 4.90 Å². The Kier molecular flexibility index (Phi) is 7.28. The summed E-state index contributed by atoms with van der Waals surface area (Å²) in [6, 6.07) is 14.0. The molecule has 7 nitrogen and oxygen atoms in total. The molecule has 0 unspecified atom stereocenters. The van der Waals surface area contributed by atoms with Crippen molar-refractivity contribution in [1.82, 2.24) is 9.80 Å². The van der Waals surface area contributed by atoms with Gasteiger partial charge in [-0.3, -0.25) is 14.4 Å². The number of carbonyl (C=O) groups excluding carboxylic acids is 3.